The van der Waals surface area contributed by atoms with Crippen LogP contribution in [0, 0.1) is 0 Å². The maximum absolute atomic E-state index is 12.9. The quantitative estimate of drug-likeness (QED) is 0.868. The van der Waals surface area contributed by atoms with E-state index in [1.807, 2.05) is 36.2 Å². The molecule has 3 heterocycles. The Morgan fingerprint density at radius 2 is 1.96 bits per heavy atom. The van der Waals surface area contributed by atoms with Crippen molar-refractivity contribution in [1.29, 1.82) is 0 Å². The molecule has 1 saturated heterocycles. The number of aromatic nitrogens is 3. The number of carboxylic acid groups (broad SMARTS) is 1. The molecule has 0 spiro atoms. The molecular weight excluding hydrogens is 360 g/mol. The Morgan fingerprint density at radius 1 is 1.18 bits per heavy atom. The van der Waals surface area contributed by atoms with Crippen LogP contribution in [0.25, 0.3) is 0 Å². The number of carbonyl (C=O) groups is 2. The van der Waals surface area contributed by atoms with Crippen molar-refractivity contribution in [3.05, 3.63) is 41.7 Å². The van der Waals surface area contributed by atoms with Crippen LogP contribution in [0.2, 0.25) is 0 Å². The lowest BCUT2D eigenvalue weighted by Crippen LogP contribution is -2.40. The standard InChI is InChI=1S/C19H22N6O3/c1-13-8-10-24(21-13)15-6-4-14(5-7-15)18(26)23-9-2-3-16(11-23)25-12-17(19(27)28)20-22-25/h4-7,12,16H,2-3,8-11H2,1H3,(H,27,28). The van der Waals surface area contributed by atoms with E-state index < -0.39 is 5.97 Å². The number of likely N-dealkylation sites (tertiary alicyclic amines) is 1. The number of aromatic carboxylic acids is 1. The summed E-state index contributed by atoms with van der Waals surface area (Å²) < 4.78 is 1.56. The SMILES string of the molecule is CC1=NN(c2ccc(C(=O)N3CCCC(n4cc(C(=O)O)nn4)C3)cc2)CC1. The Balaban J connectivity index is 1.44. The Bertz CT molecular complexity index is 920. The maximum atomic E-state index is 12.9. The van der Waals surface area contributed by atoms with E-state index in [0.29, 0.717) is 18.7 Å². The van der Waals surface area contributed by atoms with Gasteiger partial charge in [0.1, 0.15) is 0 Å². The minimum atomic E-state index is -1.10. The van der Waals surface area contributed by atoms with Crippen LogP contribution in [0.15, 0.2) is 35.6 Å². The Labute approximate surface area is 162 Å². The number of anilines is 1. The van der Waals surface area contributed by atoms with Crippen molar-refractivity contribution < 1.29 is 14.7 Å². The average molecular weight is 382 g/mol. The molecule has 9 nitrogen and oxygen atoms in total. The van der Waals surface area contributed by atoms with Crippen LogP contribution in [-0.2, 0) is 0 Å². The van der Waals surface area contributed by atoms with E-state index >= 15 is 0 Å². The van der Waals surface area contributed by atoms with Gasteiger partial charge >= 0.3 is 5.97 Å². The topological polar surface area (TPSA) is 104 Å². The van der Waals surface area contributed by atoms with Gasteiger partial charge in [0, 0.05) is 37.3 Å². The molecule has 1 N–H and O–H groups in total. The Morgan fingerprint density at radius 3 is 2.61 bits per heavy atom. The van der Waals surface area contributed by atoms with E-state index in [1.165, 1.54) is 6.20 Å². The summed E-state index contributed by atoms with van der Waals surface area (Å²) in [5.74, 6) is -1.14. The van der Waals surface area contributed by atoms with Crippen LogP contribution in [-0.4, -0.2) is 62.2 Å². The summed E-state index contributed by atoms with van der Waals surface area (Å²) in [6.45, 7) is 4.04. The summed E-state index contributed by atoms with van der Waals surface area (Å²) in [5, 5.41) is 23.0. The Kier molecular flexibility index (Phi) is 4.81. The van der Waals surface area contributed by atoms with Gasteiger partial charge in [0.2, 0.25) is 0 Å². The highest BCUT2D eigenvalue weighted by Gasteiger charge is 2.27. The third-order valence-corrected chi connectivity index (χ3v) is 5.18. The van der Waals surface area contributed by atoms with E-state index in [4.69, 9.17) is 5.11 Å². The van der Waals surface area contributed by atoms with E-state index in [-0.39, 0.29) is 17.6 Å². The molecule has 2 aromatic rings. The lowest BCUT2D eigenvalue weighted by molar-refractivity contribution is 0.0666. The van der Waals surface area contributed by atoms with Gasteiger partial charge in [-0.15, -0.1) is 5.10 Å². The van der Waals surface area contributed by atoms with Gasteiger partial charge in [-0.1, -0.05) is 5.21 Å². The summed E-state index contributed by atoms with van der Waals surface area (Å²) in [6.07, 6.45) is 4.05. The number of hydrazone groups is 1. The molecule has 2 aliphatic rings. The van der Waals surface area contributed by atoms with Crippen LogP contribution in [0.1, 0.15) is 53.1 Å². The molecule has 1 amide bonds. The number of hydrogen-bond acceptors (Lipinski definition) is 6. The van der Waals surface area contributed by atoms with Crippen molar-refractivity contribution in [2.24, 2.45) is 5.10 Å². The van der Waals surface area contributed by atoms with Crippen molar-refractivity contribution in [2.45, 2.75) is 32.2 Å². The highest BCUT2D eigenvalue weighted by atomic mass is 16.4. The summed E-state index contributed by atoms with van der Waals surface area (Å²) in [6, 6.07) is 7.45. The molecule has 0 aliphatic carbocycles. The van der Waals surface area contributed by atoms with Crippen LogP contribution < -0.4 is 5.01 Å². The first-order valence-electron chi connectivity index (χ1n) is 9.37. The normalized spacial score (nSPS) is 19.6. The molecule has 1 aromatic carbocycles. The monoisotopic (exact) mass is 382 g/mol. The zero-order valence-corrected chi connectivity index (χ0v) is 15.7. The number of piperidine rings is 1. The number of hydrogen-bond donors (Lipinski definition) is 1. The molecule has 9 heteroatoms. The highest BCUT2D eigenvalue weighted by Crippen LogP contribution is 2.24. The molecule has 1 aromatic heterocycles. The van der Waals surface area contributed by atoms with Gasteiger partial charge in [-0.2, -0.15) is 5.10 Å². The predicted octanol–water partition coefficient (Wildman–Crippen LogP) is 2.04. The van der Waals surface area contributed by atoms with E-state index in [0.717, 1.165) is 37.2 Å². The van der Waals surface area contributed by atoms with Crippen molar-refractivity contribution in [1.82, 2.24) is 19.9 Å². The van der Waals surface area contributed by atoms with Crippen LogP contribution in [0.3, 0.4) is 0 Å². The summed E-state index contributed by atoms with van der Waals surface area (Å²) in [7, 11) is 0. The number of nitrogens with zero attached hydrogens (tertiary/aromatic N) is 6. The largest absolute Gasteiger partial charge is 0.476 e. The van der Waals surface area contributed by atoms with Gasteiger partial charge in [-0.3, -0.25) is 9.80 Å². The third kappa shape index (κ3) is 3.60. The zero-order chi connectivity index (χ0) is 19.7. The van der Waals surface area contributed by atoms with Gasteiger partial charge in [-0.05, 0) is 44.0 Å². The molecule has 2 aliphatic heterocycles. The molecule has 146 valence electrons. The minimum Gasteiger partial charge on any atom is -0.476 e. The van der Waals surface area contributed by atoms with E-state index in [2.05, 4.69) is 15.4 Å². The Hall–Kier alpha value is -3.23. The van der Waals surface area contributed by atoms with Gasteiger partial charge in [0.25, 0.3) is 5.91 Å². The lowest BCUT2D eigenvalue weighted by atomic mass is 10.0. The summed E-state index contributed by atoms with van der Waals surface area (Å²) >= 11 is 0. The smallest absolute Gasteiger partial charge is 0.358 e. The van der Waals surface area contributed by atoms with Gasteiger partial charge in [0.15, 0.2) is 5.69 Å². The van der Waals surface area contributed by atoms with Crippen molar-refractivity contribution in [2.75, 3.05) is 24.6 Å². The fourth-order valence-electron chi connectivity index (χ4n) is 3.63. The van der Waals surface area contributed by atoms with Crippen LogP contribution >= 0.6 is 0 Å². The van der Waals surface area contributed by atoms with Crippen LogP contribution in [0.5, 0.6) is 0 Å². The van der Waals surface area contributed by atoms with Crippen molar-refractivity contribution in [3.63, 3.8) is 0 Å². The van der Waals surface area contributed by atoms with Gasteiger partial charge in [-0.25, -0.2) is 9.48 Å². The number of carboxylic acids is 1. The second-order valence-electron chi connectivity index (χ2n) is 7.19. The predicted molar refractivity (Wildman–Crippen MR) is 103 cm³/mol. The first kappa shape index (κ1) is 18.1. The molecule has 1 atom stereocenters. The number of amides is 1. The van der Waals surface area contributed by atoms with Gasteiger partial charge < -0.3 is 10.0 Å². The van der Waals surface area contributed by atoms with E-state index in [1.54, 1.807) is 9.58 Å². The number of rotatable bonds is 4. The van der Waals surface area contributed by atoms with Gasteiger partial charge in [0.05, 0.1) is 17.9 Å². The molecule has 1 fully saturated rings. The molecule has 0 saturated carbocycles. The first-order chi connectivity index (χ1) is 13.5. The average Bonchev–Trinajstić information content (AvgIpc) is 3.37. The zero-order valence-electron chi connectivity index (χ0n) is 15.7. The fraction of sp³-hybridized carbons (Fsp3) is 0.421. The fourth-order valence-corrected chi connectivity index (χ4v) is 3.63. The minimum absolute atomic E-state index is 0.0315. The van der Waals surface area contributed by atoms with Crippen LogP contribution in [0.4, 0.5) is 5.69 Å². The molecule has 1 unspecified atom stereocenters. The highest BCUT2D eigenvalue weighted by molar-refractivity contribution is 5.94. The number of carbonyl (C=O) groups excluding carboxylic acids is 1. The summed E-state index contributed by atoms with van der Waals surface area (Å²) in [4.78, 5) is 25.7. The second kappa shape index (κ2) is 7.41. The number of benzene rings is 1. The first-order valence-corrected chi connectivity index (χ1v) is 9.37. The molecule has 28 heavy (non-hydrogen) atoms. The van der Waals surface area contributed by atoms with Crippen molar-refractivity contribution in [3.8, 4) is 0 Å². The lowest BCUT2D eigenvalue weighted by Gasteiger charge is -2.32. The van der Waals surface area contributed by atoms with E-state index in [9.17, 15) is 9.59 Å². The maximum Gasteiger partial charge on any atom is 0.358 e. The molecule has 0 radical (unpaired) electrons. The third-order valence-electron chi connectivity index (χ3n) is 5.18. The molecular formula is C19H22N6O3. The van der Waals surface area contributed by atoms with Crippen molar-refractivity contribution >= 4 is 23.3 Å². The second-order valence-corrected chi connectivity index (χ2v) is 7.19. The molecule has 0 bridgehead atoms. The molecule has 4 rings (SSSR count). The summed E-state index contributed by atoms with van der Waals surface area (Å²) in [5.41, 5.74) is 2.64.